The van der Waals surface area contributed by atoms with Gasteiger partial charge in [0.05, 0.1) is 5.57 Å². The number of fused-ring (bicyclic) bond motifs is 2. The van der Waals surface area contributed by atoms with Gasteiger partial charge in [0.2, 0.25) is 0 Å². The molecule has 0 unspecified atom stereocenters. The van der Waals surface area contributed by atoms with Gasteiger partial charge < -0.3 is 10.2 Å². The molecule has 0 amide bonds. The van der Waals surface area contributed by atoms with Crippen LogP contribution in [-0.2, 0) is 11.2 Å². The van der Waals surface area contributed by atoms with Gasteiger partial charge in [-0.3, -0.25) is 0 Å². The molecule has 1 saturated carbocycles. The first-order valence-corrected chi connectivity index (χ1v) is 10.1. The lowest BCUT2D eigenvalue weighted by Crippen LogP contribution is -2.37. The molecule has 3 aliphatic carbocycles. The Morgan fingerprint density at radius 3 is 2.75 bits per heavy atom. The minimum absolute atomic E-state index is 0.0785. The molecule has 2 N–H and O–H groups in total. The monoisotopic (exact) mass is 374 g/mol. The number of hydrogen-bond acceptors (Lipinski definition) is 2. The maximum Gasteiger partial charge on any atom is 0.335 e. The Labute approximate surface area is 166 Å². The van der Waals surface area contributed by atoms with Crippen LogP contribution in [0.1, 0.15) is 44.6 Å². The Hall–Kier alpha value is -2.57. The maximum atomic E-state index is 11.7. The van der Waals surface area contributed by atoms with Crippen LogP contribution < -0.4 is 0 Å². The molecule has 1 aromatic carbocycles. The average Bonchev–Trinajstić information content (AvgIpc) is 2.68. The van der Waals surface area contributed by atoms with E-state index in [1.54, 1.807) is 6.92 Å². The standard InChI is InChI=1S/C25H26O3/c1-2-11-25(28)12-10-22-19(16-25)9-8-18-14-21(24(26)27)15-20(23(18)22)13-17-6-4-3-5-7-17/h3-7,14-15,19-20,28H,8-10,12-13,16H2,1H3,(H,26,27)/t19-,20-,25+/m1/s1. The smallest absolute Gasteiger partial charge is 0.335 e. The van der Waals surface area contributed by atoms with Gasteiger partial charge in [-0.15, -0.1) is 5.92 Å². The van der Waals surface area contributed by atoms with E-state index in [4.69, 9.17) is 0 Å². The summed E-state index contributed by atoms with van der Waals surface area (Å²) >= 11 is 0. The topological polar surface area (TPSA) is 57.5 Å². The number of aliphatic hydroxyl groups is 1. The fraction of sp³-hybridized carbons (Fsp3) is 0.400. The molecule has 28 heavy (non-hydrogen) atoms. The van der Waals surface area contributed by atoms with Crippen molar-refractivity contribution in [3.8, 4) is 11.8 Å². The summed E-state index contributed by atoms with van der Waals surface area (Å²) in [6, 6.07) is 10.3. The van der Waals surface area contributed by atoms with Crippen molar-refractivity contribution in [3.63, 3.8) is 0 Å². The lowest BCUT2D eigenvalue weighted by Gasteiger charge is -2.42. The highest BCUT2D eigenvalue weighted by atomic mass is 16.4. The number of carboxylic acid groups (broad SMARTS) is 1. The highest BCUT2D eigenvalue weighted by Crippen LogP contribution is 2.49. The molecule has 0 aromatic heterocycles. The van der Waals surface area contributed by atoms with E-state index in [-0.39, 0.29) is 5.92 Å². The summed E-state index contributed by atoms with van der Waals surface area (Å²) in [5, 5.41) is 20.4. The van der Waals surface area contributed by atoms with Gasteiger partial charge in [0.15, 0.2) is 0 Å². The Kier molecular flexibility index (Phi) is 5.00. The van der Waals surface area contributed by atoms with Crippen LogP contribution in [0, 0.1) is 23.7 Å². The number of allylic oxidation sites excluding steroid dienone is 4. The van der Waals surface area contributed by atoms with Crippen LogP contribution >= 0.6 is 0 Å². The number of aliphatic carboxylic acids is 1. The van der Waals surface area contributed by atoms with E-state index in [1.807, 2.05) is 30.4 Å². The van der Waals surface area contributed by atoms with Crippen LogP contribution in [0.3, 0.4) is 0 Å². The zero-order valence-corrected chi connectivity index (χ0v) is 16.2. The Morgan fingerprint density at radius 1 is 1.25 bits per heavy atom. The molecule has 0 bridgehead atoms. The van der Waals surface area contributed by atoms with E-state index < -0.39 is 11.6 Å². The van der Waals surface area contributed by atoms with Crippen molar-refractivity contribution in [2.75, 3.05) is 0 Å². The third-order valence-electron chi connectivity index (χ3n) is 6.32. The van der Waals surface area contributed by atoms with Crippen LogP contribution in [0.4, 0.5) is 0 Å². The van der Waals surface area contributed by atoms with Gasteiger partial charge in [0, 0.05) is 5.92 Å². The summed E-state index contributed by atoms with van der Waals surface area (Å²) in [5.74, 6) is 5.47. The molecule has 0 saturated heterocycles. The van der Waals surface area contributed by atoms with Crippen LogP contribution in [0.15, 0.2) is 64.8 Å². The van der Waals surface area contributed by atoms with E-state index in [9.17, 15) is 15.0 Å². The lowest BCUT2D eigenvalue weighted by molar-refractivity contribution is -0.132. The van der Waals surface area contributed by atoms with Gasteiger partial charge in [0.25, 0.3) is 0 Å². The summed E-state index contributed by atoms with van der Waals surface area (Å²) in [7, 11) is 0. The van der Waals surface area contributed by atoms with Gasteiger partial charge >= 0.3 is 5.97 Å². The van der Waals surface area contributed by atoms with Gasteiger partial charge in [-0.05, 0) is 74.2 Å². The molecule has 4 rings (SSSR count). The van der Waals surface area contributed by atoms with Crippen LogP contribution in [-0.4, -0.2) is 21.8 Å². The van der Waals surface area contributed by atoms with E-state index >= 15 is 0 Å². The summed E-state index contributed by atoms with van der Waals surface area (Å²) < 4.78 is 0. The number of carbonyl (C=O) groups is 1. The van der Waals surface area contributed by atoms with Crippen molar-refractivity contribution < 1.29 is 15.0 Å². The highest BCUT2D eigenvalue weighted by Gasteiger charge is 2.40. The molecule has 0 aliphatic heterocycles. The first-order chi connectivity index (χ1) is 13.5. The zero-order valence-electron chi connectivity index (χ0n) is 16.2. The zero-order chi connectivity index (χ0) is 19.7. The second-order valence-corrected chi connectivity index (χ2v) is 8.18. The van der Waals surface area contributed by atoms with Crippen molar-refractivity contribution in [2.24, 2.45) is 11.8 Å². The molecule has 3 atom stereocenters. The molecular formula is C25H26O3. The summed E-state index contributed by atoms with van der Waals surface area (Å²) in [5.41, 5.74) is 4.67. The van der Waals surface area contributed by atoms with Crippen molar-refractivity contribution in [1.82, 2.24) is 0 Å². The molecule has 0 radical (unpaired) electrons. The van der Waals surface area contributed by atoms with Gasteiger partial charge in [0.1, 0.15) is 5.60 Å². The van der Waals surface area contributed by atoms with Crippen molar-refractivity contribution in [3.05, 3.63) is 70.3 Å². The van der Waals surface area contributed by atoms with Gasteiger partial charge in [-0.25, -0.2) is 4.79 Å². The molecular weight excluding hydrogens is 348 g/mol. The lowest BCUT2D eigenvalue weighted by atomic mass is 9.64. The number of hydrogen-bond donors (Lipinski definition) is 2. The molecule has 144 valence electrons. The molecule has 3 heteroatoms. The van der Waals surface area contributed by atoms with E-state index in [0.29, 0.717) is 24.3 Å². The molecule has 1 fully saturated rings. The Balaban J connectivity index is 1.73. The van der Waals surface area contributed by atoms with Crippen molar-refractivity contribution in [1.29, 1.82) is 0 Å². The molecule has 0 heterocycles. The second-order valence-electron chi connectivity index (χ2n) is 8.18. The minimum atomic E-state index is -0.879. The fourth-order valence-corrected chi connectivity index (χ4v) is 5.15. The predicted octanol–water partition coefficient (Wildman–Crippen LogP) is 4.44. The predicted molar refractivity (Wildman–Crippen MR) is 109 cm³/mol. The largest absolute Gasteiger partial charge is 0.478 e. The van der Waals surface area contributed by atoms with Crippen LogP contribution in [0.5, 0.6) is 0 Å². The highest BCUT2D eigenvalue weighted by molar-refractivity contribution is 5.91. The summed E-state index contributed by atoms with van der Waals surface area (Å²) in [6.45, 7) is 1.78. The van der Waals surface area contributed by atoms with Crippen molar-refractivity contribution >= 4 is 5.97 Å². The minimum Gasteiger partial charge on any atom is -0.478 e. The van der Waals surface area contributed by atoms with Crippen molar-refractivity contribution in [2.45, 2.75) is 51.0 Å². The quantitative estimate of drug-likeness (QED) is 0.769. The van der Waals surface area contributed by atoms with Crippen LogP contribution in [0.2, 0.25) is 0 Å². The molecule has 3 nitrogen and oxygen atoms in total. The maximum absolute atomic E-state index is 11.7. The SMILES string of the molecule is CC#C[C@]1(O)CCC2=C3C(=CC(C(=O)O)=C[C@H]3Cc3ccccc3)CC[C@@H]2C1. The summed E-state index contributed by atoms with van der Waals surface area (Å²) in [6.07, 6.45) is 8.62. The first-order valence-electron chi connectivity index (χ1n) is 10.1. The number of benzene rings is 1. The fourth-order valence-electron chi connectivity index (χ4n) is 5.15. The number of rotatable bonds is 3. The van der Waals surface area contributed by atoms with Gasteiger partial charge in [-0.1, -0.05) is 47.9 Å². The van der Waals surface area contributed by atoms with E-state index in [1.165, 1.54) is 22.3 Å². The molecule has 3 aliphatic rings. The van der Waals surface area contributed by atoms with Crippen LogP contribution in [0.25, 0.3) is 0 Å². The third kappa shape index (κ3) is 3.57. The molecule has 1 aromatic rings. The Bertz CT molecular complexity index is 939. The normalized spacial score (nSPS) is 28.9. The second kappa shape index (κ2) is 7.45. The average molecular weight is 374 g/mol. The molecule has 0 spiro atoms. The number of carboxylic acids is 1. The summed E-state index contributed by atoms with van der Waals surface area (Å²) in [4.78, 5) is 11.7. The van der Waals surface area contributed by atoms with E-state index in [0.717, 1.165) is 25.7 Å². The third-order valence-corrected chi connectivity index (χ3v) is 6.32. The van der Waals surface area contributed by atoms with Gasteiger partial charge in [-0.2, -0.15) is 0 Å². The Morgan fingerprint density at radius 2 is 2.04 bits per heavy atom. The van der Waals surface area contributed by atoms with E-state index in [2.05, 4.69) is 24.0 Å². The first kappa shape index (κ1) is 18.8.